The molecule has 0 fully saturated rings. The van der Waals surface area contributed by atoms with E-state index in [9.17, 15) is 19.2 Å². The van der Waals surface area contributed by atoms with Gasteiger partial charge in [-0.2, -0.15) is 0 Å². The summed E-state index contributed by atoms with van der Waals surface area (Å²) in [6, 6.07) is 19.0. The normalized spacial score (nSPS) is 11.9. The number of fused-ring (bicyclic) bond motifs is 8. The summed E-state index contributed by atoms with van der Waals surface area (Å²) in [6.07, 6.45) is 13.2. The maximum absolute atomic E-state index is 12.8. The summed E-state index contributed by atoms with van der Waals surface area (Å²) in [7, 11) is 5.44. The Labute approximate surface area is 415 Å². The number of aromatic nitrogens is 4. The number of rotatable bonds is 14. The van der Waals surface area contributed by atoms with Crippen LogP contribution in [-0.2, 0) is 70.4 Å². The predicted octanol–water partition coefficient (Wildman–Crippen LogP) is 9.46. The number of hydrogen-bond acceptors (Lipinski definition) is 10. The Balaban J connectivity index is 0.00000782. The Morgan fingerprint density at radius 2 is 0.855 bits per heavy atom. The largest absolute Gasteiger partial charge is 2.00 e. The van der Waals surface area contributed by atoms with Crippen molar-refractivity contribution >= 4 is 68.2 Å². The van der Waals surface area contributed by atoms with Crippen LogP contribution in [0.15, 0.2) is 60.7 Å². The van der Waals surface area contributed by atoms with E-state index in [4.69, 9.17) is 51.7 Å². The van der Waals surface area contributed by atoms with Crippen LogP contribution in [-0.4, -0.2) is 62.3 Å². The van der Waals surface area contributed by atoms with Crippen LogP contribution in [0.5, 0.6) is 0 Å². The molecule has 2 aliphatic rings. The Hall–Kier alpha value is -7.34. The average molecular weight is 974 g/mol. The first-order valence-electron chi connectivity index (χ1n) is 22.3. The fraction of sp³-hybridized carbons (Fsp3) is 0.286. The number of ether oxygens (including phenoxy) is 4. The van der Waals surface area contributed by atoms with Crippen molar-refractivity contribution in [2.75, 3.05) is 28.4 Å². The van der Waals surface area contributed by atoms with E-state index in [2.05, 4.69) is 11.8 Å². The third kappa shape index (κ3) is 10.6. The monoisotopic (exact) mass is 972 g/mol. The molecule has 8 bridgehead atoms. The molecule has 2 aromatic carbocycles. The molecule has 13 heteroatoms. The van der Waals surface area contributed by atoms with Gasteiger partial charge >= 0.3 is 43.4 Å². The van der Waals surface area contributed by atoms with Crippen LogP contribution in [0.3, 0.4) is 0 Å². The molecule has 2 aliphatic heterocycles. The van der Waals surface area contributed by atoms with Crippen molar-refractivity contribution in [3.05, 3.63) is 117 Å². The minimum Gasteiger partial charge on any atom is -0.657 e. The molecule has 0 saturated carbocycles. The predicted molar refractivity (Wildman–Crippen MR) is 263 cm³/mol. The molecule has 0 unspecified atom stereocenters. The summed E-state index contributed by atoms with van der Waals surface area (Å²) in [5.74, 6) is 3.90. The minimum absolute atomic E-state index is 0. The van der Waals surface area contributed by atoms with Gasteiger partial charge in [-0.15, -0.1) is 34.9 Å². The standard InChI is InChI=1S/C56H52N4O8.Zn/c1-11-35-13-17-37(18-14-35)51-53-31(3)39(21-25-47(61)65-7)43(57-53)29-45-41(23-27-49(63)67-9)33(5)55(59-45)52(38-19-15-36(12-2)16-20-38)56-34(6)42(24-28-50(64)68-10)46(60-56)30-44-40(22-26-48(62)66-8)32(4)54(51)58-44;/h1-2,13-20,29-30H,21-28H2,3-10H3;/q-2;+2. The van der Waals surface area contributed by atoms with Gasteiger partial charge in [0.05, 0.1) is 51.2 Å². The molecule has 346 valence electrons. The summed E-state index contributed by atoms with van der Waals surface area (Å²) in [5, 5.41) is 0. The van der Waals surface area contributed by atoms with Crippen LogP contribution in [0.2, 0.25) is 0 Å². The Morgan fingerprint density at radius 3 is 1.19 bits per heavy atom. The number of esters is 4. The van der Waals surface area contributed by atoms with Gasteiger partial charge in [0.25, 0.3) is 0 Å². The van der Waals surface area contributed by atoms with Crippen molar-refractivity contribution in [3.8, 4) is 46.9 Å². The average Bonchev–Trinajstić information content (AvgIpc) is 4.04. The molecule has 0 N–H and O–H groups in total. The third-order valence-electron chi connectivity index (χ3n) is 12.8. The molecule has 5 aromatic rings. The van der Waals surface area contributed by atoms with Crippen LogP contribution in [0.4, 0.5) is 0 Å². The molecule has 0 atom stereocenters. The SMILES string of the molecule is C#Cc1ccc(-c2c3nc(cc4[n-]c(c(C)c4CCC(=O)OC)c(-c4ccc(C#C)cc4)c4[n-]c(cc5nc2C(C)=C5CCC(=O)OC)c(CCC(=O)OC)c4C)C(CCC(=O)OC)=C3C)cc1.[Zn+2]. The van der Waals surface area contributed by atoms with Gasteiger partial charge in [-0.3, -0.25) is 19.2 Å². The summed E-state index contributed by atoms with van der Waals surface area (Å²) in [5.41, 5.74) is 15.6. The molecule has 0 saturated heterocycles. The van der Waals surface area contributed by atoms with Crippen LogP contribution in [0, 0.1) is 38.5 Å². The second-order valence-electron chi connectivity index (χ2n) is 16.6. The molecule has 3 aromatic heterocycles. The smallest absolute Gasteiger partial charge is 0.657 e. The van der Waals surface area contributed by atoms with Crippen LogP contribution in [0.1, 0.15) is 109 Å². The maximum atomic E-state index is 12.8. The molecule has 0 radical (unpaired) electrons. The van der Waals surface area contributed by atoms with Crippen LogP contribution < -0.4 is 9.97 Å². The molecule has 12 nitrogen and oxygen atoms in total. The molecular weight excluding hydrogens is 922 g/mol. The number of terminal acetylenes is 2. The van der Waals surface area contributed by atoms with E-state index in [1.54, 1.807) is 0 Å². The van der Waals surface area contributed by atoms with Crippen LogP contribution in [0.25, 0.3) is 66.6 Å². The molecule has 0 aliphatic carbocycles. The van der Waals surface area contributed by atoms with E-state index < -0.39 is 0 Å². The molecule has 0 spiro atoms. The van der Waals surface area contributed by atoms with Crippen molar-refractivity contribution < 1.29 is 57.6 Å². The first-order chi connectivity index (χ1) is 32.7. The van der Waals surface area contributed by atoms with Gasteiger partial charge in [-0.1, -0.05) is 70.5 Å². The van der Waals surface area contributed by atoms with E-state index >= 15 is 0 Å². The number of hydrogen-bond donors (Lipinski definition) is 0. The van der Waals surface area contributed by atoms with Gasteiger partial charge in [0.1, 0.15) is 0 Å². The molecule has 0 amide bonds. The maximum Gasteiger partial charge on any atom is 2.00 e. The number of aryl methyl sites for hydroxylation is 4. The molecule has 7 rings (SSSR count). The van der Waals surface area contributed by atoms with Gasteiger partial charge in [0.15, 0.2) is 0 Å². The summed E-state index contributed by atoms with van der Waals surface area (Å²) in [6.45, 7) is 7.91. The molecular formula is C56H52N4O8Zn. The molecule has 69 heavy (non-hydrogen) atoms. The summed E-state index contributed by atoms with van der Waals surface area (Å²) >= 11 is 0. The second-order valence-corrected chi connectivity index (χ2v) is 16.6. The second kappa shape index (κ2) is 22.2. The zero-order chi connectivity index (χ0) is 48.8. The topological polar surface area (TPSA) is 159 Å². The first kappa shape index (κ1) is 51.1. The van der Waals surface area contributed by atoms with Gasteiger partial charge in [-0.25, -0.2) is 9.97 Å². The quantitative estimate of drug-likeness (QED) is 0.0450. The zero-order valence-corrected chi connectivity index (χ0v) is 43.3. The van der Waals surface area contributed by atoms with Gasteiger partial charge < -0.3 is 28.9 Å². The van der Waals surface area contributed by atoms with E-state index in [0.717, 1.165) is 55.7 Å². The Bertz CT molecular complexity index is 3040. The fourth-order valence-corrected chi connectivity index (χ4v) is 8.95. The first-order valence-corrected chi connectivity index (χ1v) is 22.3. The van der Waals surface area contributed by atoms with Gasteiger partial charge in [0.2, 0.25) is 0 Å². The number of methoxy groups -OCH3 is 4. The summed E-state index contributed by atoms with van der Waals surface area (Å²) in [4.78, 5) is 72.9. The minimum atomic E-state index is -0.379. The number of carbonyl (C=O) groups excluding carboxylic acids is 4. The zero-order valence-electron chi connectivity index (χ0n) is 40.3. The molecule has 5 heterocycles. The van der Waals surface area contributed by atoms with E-state index in [1.807, 2.05) is 88.4 Å². The number of benzene rings is 2. The summed E-state index contributed by atoms with van der Waals surface area (Å²) < 4.78 is 20.4. The Kier molecular flexibility index (Phi) is 16.4. The van der Waals surface area contributed by atoms with E-state index in [0.29, 0.717) is 92.8 Å². The van der Waals surface area contributed by atoms with Gasteiger partial charge in [0, 0.05) is 42.4 Å². The van der Waals surface area contributed by atoms with Crippen molar-refractivity contribution in [3.63, 3.8) is 0 Å². The van der Waals surface area contributed by atoms with E-state index in [-0.39, 0.29) is 69.0 Å². The number of nitrogens with zero attached hydrogens (tertiary/aromatic N) is 4. The Morgan fingerprint density at radius 1 is 0.522 bits per heavy atom. The van der Waals surface area contributed by atoms with Crippen molar-refractivity contribution in [2.24, 2.45) is 0 Å². The van der Waals surface area contributed by atoms with Crippen LogP contribution >= 0.6 is 0 Å². The van der Waals surface area contributed by atoms with Crippen molar-refractivity contribution in [1.82, 2.24) is 19.9 Å². The number of allylic oxidation sites excluding steroid dienone is 4. The third-order valence-corrected chi connectivity index (χ3v) is 12.8. The number of carbonyl (C=O) groups is 4. The van der Waals surface area contributed by atoms with E-state index in [1.165, 1.54) is 28.4 Å². The van der Waals surface area contributed by atoms with Crippen molar-refractivity contribution in [2.45, 2.75) is 79.1 Å². The van der Waals surface area contributed by atoms with Gasteiger partial charge in [-0.05, 0) is 117 Å². The fourth-order valence-electron chi connectivity index (χ4n) is 8.95. The van der Waals surface area contributed by atoms with Crippen molar-refractivity contribution in [1.29, 1.82) is 0 Å².